The van der Waals surface area contributed by atoms with E-state index in [-0.39, 0.29) is 11.8 Å². The molecule has 0 saturated carbocycles. The summed E-state index contributed by atoms with van der Waals surface area (Å²) >= 11 is 12.0. The fourth-order valence-corrected chi connectivity index (χ4v) is 3.54. The second kappa shape index (κ2) is 9.43. The number of aromatic nitrogens is 2. The third kappa shape index (κ3) is 5.27. The molecule has 1 N–H and O–H groups in total. The van der Waals surface area contributed by atoms with E-state index in [0.717, 1.165) is 30.9 Å². The van der Waals surface area contributed by atoms with Gasteiger partial charge in [0.15, 0.2) is 0 Å². The molecule has 154 valence electrons. The Labute approximate surface area is 184 Å². The molecular weight excluding hydrogens is 423 g/mol. The van der Waals surface area contributed by atoms with E-state index in [1.165, 1.54) is 11.9 Å². The minimum Gasteiger partial charge on any atom is -0.489 e. The first-order chi connectivity index (χ1) is 14.6. The van der Waals surface area contributed by atoms with Gasteiger partial charge in [-0.1, -0.05) is 41.4 Å². The van der Waals surface area contributed by atoms with Gasteiger partial charge in [0.25, 0.3) is 0 Å². The summed E-state index contributed by atoms with van der Waals surface area (Å²) in [4.78, 5) is 22.3. The molecular formula is C22H20Cl2N4O2. The first-order valence-corrected chi connectivity index (χ1v) is 10.3. The average molecular weight is 443 g/mol. The number of anilines is 1. The second-order valence-corrected chi connectivity index (χ2v) is 8.00. The summed E-state index contributed by atoms with van der Waals surface area (Å²) in [6.07, 6.45) is 4.61. The predicted octanol–water partition coefficient (Wildman–Crippen LogP) is 4.43. The van der Waals surface area contributed by atoms with Gasteiger partial charge in [-0.15, -0.1) is 0 Å². The molecule has 1 amide bonds. The fourth-order valence-electron chi connectivity index (χ4n) is 3.22. The van der Waals surface area contributed by atoms with Gasteiger partial charge < -0.3 is 10.1 Å². The van der Waals surface area contributed by atoms with Crippen LogP contribution in [0.4, 0.5) is 5.69 Å². The molecule has 8 heteroatoms. The normalized spacial score (nSPS) is 14.2. The number of ether oxygens (including phenoxy) is 1. The molecule has 6 nitrogen and oxygen atoms in total. The highest BCUT2D eigenvalue weighted by Gasteiger charge is 2.32. The molecule has 1 aliphatic heterocycles. The minimum atomic E-state index is -0.0148. The van der Waals surface area contributed by atoms with Crippen molar-refractivity contribution in [3.63, 3.8) is 0 Å². The topological polar surface area (TPSA) is 67.4 Å². The minimum absolute atomic E-state index is 0.00657. The lowest BCUT2D eigenvalue weighted by Crippen LogP contribution is -2.51. The van der Waals surface area contributed by atoms with Crippen molar-refractivity contribution in [1.82, 2.24) is 14.9 Å². The molecule has 0 radical (unpaired) electrons. The number of likely N-dealkylation sites (tertiary alicyclic amines) is 1. The number of nitrogens with zero attached hydrogens (tertiary/aromatic N) is 3. The first-order valence-electron chi connectivity index (χ1n) is 9.51. The van der Waals surface area contributed by atoms with Gasteiger partial charge in [-0.25, -0.2) is 9.97 Å². The molecule has 1 saturated heterocycles. The molecule has 0 aliphatic carbocycles. The van der Waals surface area contributed by atoms with Crippen molar-refractivity contribution < 1.29 is 9.53 Å². The predicted molar refractivity (Wildman–Crippen MR) is 117 cm³/mol. The number of benzene rings is 2. The maximum atomic E-state index is 12.2. The molecule has 0 spiro atoms. The van der Waals surface area contributed by atoms with Crippen LogP contribution < -0.4 is 10.1 Å². The van der Waals surface area contributed by atoms with Crippen molar-refractivity contribution in [2.75, 3.05) is 18.4 Å². The molecule has 1 aliphatic rings. The van der Waals surface area contributed by atoms with Crippen LogP contribution in [-0.2, 0) is 17.9 Å². The van der Waals surface area contributed by atoms with Crippen molar-refractivity contribution in [1.29, 1.82) is 0 Å². The quantitative estimate of drug-likeness (QED) is 0.585. The number of amides is 1. The van der Waals surface area contributed by atoms with E-state index < -0.39 is 0 Å². The van der Waals surface area contributed by atoms with Gasteiger partial charge in [0.1, 0.15) is 18.7 Å². The molecule has 4 rings (SSSR count). The number of carbonyl (C=O) groups excluding carboxylic acids is 1. The van der Waals surface area contributed by atoms with Crippen LogP contribution in [0.15, 0.2) is 61.2 Å². The summed E-state index contributed by atoms with van der Waals surface area (Å²) < 4.78 is 5.81. The number of hydrogen-bond donors (Lipinski definition) is 1. The van der Waals surface area contributed by atoms with E-state index in [9.17, 15) is 4.79 Å². The lowest BCUT2D eigenvalue weighted by atomic mass is 9.98. The van der Waals surface area contributed by atoms with Crippen LogP contribution in [0.25, 0.3) is 0 Å². The molecule has 2 heterocycles. The van der Waals surface area contributed by atoms with E-state index >= 15 is 0 Å². The van der Waals surface area contributed by atoms with Crippen LogP contribution in [0, 0.1) is 5.92 Å². The number of rotatable bonds is 7. The number of nitrogens with one attached hydrogen (secondary N) is 1. The largest absolute Gasteiger partial charge is 0.489 e. The Morgan fingerprint density at radius 1 is 1.03 bits per heavy atom. The van der Waals surface area contributed by atoms with E-state index in [2.05, 4.69) is 20.2 Å². The van der Waals surface area contributed by atoms with Gasteiger partial charge in [-0.3, -0.25) is 9.69 Å². The van der Waals surface area contributed by atoms with Crippen molar-refractivity contribution in [2.24, 2.45) is 5.92 Å². The van der Waals surface area contributed by atoms with Gasteiger partial charge in [-0.05, 0) is 35.4 Å². The van der Waals surface area contributed by atoms with Crippen molar-refractivity contribution in [2.45, 2.75) is 13.2 Å². The Hall–Kier alpha value is -2.67. The van der Waals surface area contributed by atoms with Crippen LogP contribution in [0.5, 0.6) is 5.75 Å². The molecule has 2 aromatic carbocycles. The second-order valence-electron chi connectivity index (χ2n) is 7.19. The summed E-state index contributed by atoms with van der Waals surface area (Å²) in [5.41, 5.74) is 2.75. The Kier molecular flexibility index (Phi) is 6.47. The number of halogens is 2. The van der Waals surface area contributed by atoms with Crippen LogP contribution in [0.1, 0.15) is 11.1 Å². The Morgan fingerprint density at radius 2 is 1.73 bits per heavy atom. The highest BCUT2D eigenvalue weighted by atomic mass is 35.5. The lowest BCUT2D eigenvalue weighted by molar-refractivity contribution is -0.125. The van der Waals surface area contributed by atoms with Crippen molar-refractivity contribution in [3.05, 3.63) is 82.4 Å². The van der Waals surface area contributed by atoms with E-state index in [1.54, 1.807) is 24.5 Å². The summed E-state index contributed by atoms with van der Waals surface area (Å²) in [5.74, 6) is 0.780. The highest BCUT2D eigenvalue weighted by Crippen LogP contribution is 2.24. The standard InChI is InChI=1S/C22H20Cl2N4O2/c23-20-6-3-16(7-21(20)24)13-30-19-4-1-15(2-5-19)10-28-11-17(12-28)22(29)27-18-8-25-14-26-9-18/h1-9,14,17H,10-13H2,(H,27,29). The van der Waals surface area contributed by atoms with Crippen LogP contribution in [0.2, 0.25) is 10.0 Å². The molecule has 0 atom stereocenters. The molecule has 0 bridgehead atoms. The van der Waals surface area contributed by atoms with Gasteiger partial charge in [-0.2, -0.15) is 0 Å². The van der Waals surface area contributed by atoms with Gasteiger partial charge in [0.05, 0.1) is 34.0 Å². The maximum absolute atomic E-state index is 12.2. The third-order valence-corrected chi connectivity index (χ3v) is 5.61. The number of carbonyl (C=O) groups is 1. The van der Waals surface area contributed by atoms with Crippen LogP contribution in [-0.4, -0.2) is 33.9 Å². The van der Waals surface area contributed by atoms with E-state index in [0.29, 0.717) is 22.3 Å². The fraction of sp³-hybridized carbons (Fsp3) is 0.227. The van der Waals surface area contributed by atoms with Crippen LogP contribution >= 0.6 is 23.2 Å². The molecule has 3 aromatic rings. The summed E-state index contributed by atoms with van der Waals surface area (Å²) in [6, 6.07) is 13.4. The summed E-state index contributed by atoms with van der Waals surface area (Å²) in [6.45, 7) is 2.68. The highest BCUT2D eigenvalue weighted by molar-refractivity contribution is 6.42. The van der Waals surface area contributed by atoms with Gasteiger partial charge in [0.2, 0.25) is 5.91 Å². The maximum Gasteiger partial charge on any atom is 0.230 e. The molecule has 1 fully saturated rings. The summed E-state index contributed by atoms with van der Waals surface area (Å²) in [7, 11) is 0. The lowest BCUT2D eigenvalue weighted by Gasteiger charge is -2.38. The average Bonchev–Trinajstić information content (AvgIpc) is 2.73. The van der Waals surface area contributed by atoms with Gasteiger partial charge >= 0.3 is 0 Å². The zero-order chi connectivity index (χ0) is 20.9. The summed E-state index contributed by atoms with van der Waals surface area (Å²) in [5, 5.41) is 3.90. The van der Waals surface area contributed by atoms with Crippen molar-refractivity contribution in [3.8, 4) is 5.75 Å². The van der Waals surface area contributed by atoms with Crippen LogP contribution in [0.3, 0.4) is 0 Å². The molecule has 1 aromatic heterocycles. The first kappa shape index (κ1) is 20.6. The SMILES string of the molecule is O=C(Nc1cncnc1)C1CN(Cc2ccc(OCc3ccc(Cl)c(Cl)c3)cc2)C1. The zero-order valence-electron chi connectivity index (χ0n) is 16.1. The number of hydrogen-bond acceptors (Lipinski definition) is 5. The monoisotopic (exact) mass is 442 g/mol. The third-order valence-electron chi connectivity index (χ3n) is 4.88. The smallest absolute Gasteiger partial charge is 0.230 e. The zero-order valence-corrected chi connectivity index (χ0v) is 17.6. The Morgan fingerprint density at radius 3 is 2.43 bits per heavy atom. The Bertz CT molecular complexity index is 1010. The van der Waals surface area contributed by atoms with E-state index in [1.807, 2.05) is 30.3 Å². The molecule has 0 unspecified atom stereocenters. The Balaban J connectivity index is 1.21. The molecule has 30 heavy (non-hydrogen) atoms. The van der Waals surface area contributed by atoms with Crippen molar-refractivity contribution >= 4 is 34.8 Å². The van der Waals surface area contributed by atoms with E-state index in [4.69, 9.17) is 27.9 Å². The van der Waals surface area contributed by atoms with Gasteiger partial charge in [0, 0.05) is 19.6 Å².